The number of hydrogen-bond donors (Lipinski definition) is 1. The summed E-state index contributed by atoms with van der Waals surface area (Å²) in [7, 11) is 1.73. The molecule has 0 bridgehead atoms. The van der Waals surface area contributed by atoms with Crippen LogP contribution < -0.4 is 0 Å². The summed E-state index contributed by atoms with van der Waals surface area (Å²) in [6.07, 6.45) is 2.71. The van der Waals surface area contributed by atoms with E-state index in [0.717, 1.165) is 31.6 Å². The molecule has 114 valence electrons. The van der Waals surface area contributed by atoms with Crippen LogP contribution >= 0.6 is 0 Å². The van der Waals surface area contributed by atoms with E-state index in [4.69, 9.17) is 15.1 Å². The van der Waals surface area contributed by atoms with Gasteiger partial charge < -0.3 is 10.1 Å². The smallest absolute Gasteiger partial charge is 0.0617 e. The third kappa shape index (κ3) is 4.01. The van der Waals surface area contributed by atoms with Crippen LogP contribution in [-0.4, -0.2) is 31.2 Å². The van der Waals surface area contributed by atoms with Crippen LogP contribution in [-0.2, 0) is 4.74 Å². The first-order valence-electron chi connectivity index (χ1n) is 7.81. The summed E-state index contributed by atoms with van der Waals surface area (Å²) in [5.41, 5.74) is 3.31. The van der Waals surface area contributed by atoms with Crippen LogP contribution in [0.25, 0.3) is 0 Å². The Kier molecular flexibility index (Phi) is 5.68. The van der Waals surface area contributed by atoms with Crippen molar-refractivity contribution in [2.45, 2.75) is 45.1 Å². The first-order valence-corrected chi connectivity index (χ1v) is 7.81. The molecular weight excluding hydrogens is 260 g/mol. The van der Waals surface area contributed by atoms with Crippen LogP contribution in [0, 0.1) is 11.3 Å². The molecule has 1 heterocycles. The van der Waals surface area contributed by atoms with Gasteiger partial charge in [-0.25, -0.2) is 0 Å². The molecule has 2 rings (SSSR count). The highest BCUT2D eigenvalue weighted by Gasteiger charge is 2.29. The van der Waals surface area contributed by atoms with Crippen LogP contribution in [0.5, 0.6) is 0 Å². The van der Waals surface area contributed by atoms with Crippen molar-refractivity contribution < 1.29 is 4.74 Å². The fourth-order valence-corrected chi connectivity index (χ4v) is 2.92. The molecule has 0 saturated carbocycles. The second-order valence-corrected chi connectivity index (χ2v) is 5.93. The molecule has 1 aliphatic rings. The summed E-state index contributed by atoms with van der Waals surface area (Å²) >= 11 is 0. The predicted octanol–water partition coefficient (Wildman–Crippen LogP) is 4.09. The van der Waals surface area contributed by atoms with Crippen LogP contribution in [0.1, 0.15) is 44.6 Å². The maximum absolute atomic E-state index is 8.28. The van der Waals surface area contributed by atoms with Gasteiger partial charge in [0.1, 0.15) is 0 Å². The fraction of sp³-hybridized carbons (Fsp3) is 0.556. The molecule has 0 saturated heterocycles. The van der Waals surface area contributed by atoms with E-state index in [1.165, 1.54) is 11.3 Å². The van der Waals surface area contributed by atoms with E-state index in [1.807, 2.05) is 6.07 Å². The number of rotatable bonds is 6. The number of methoxy groups -OCH3 is 1. The summed E-state index contributed by atoms with van der Waals surface area (Å²) in [4.78, 5) is 4.98. The van der Waals surface area contributed by atoms with Gasteiger partial charge in [0.15, 0.2) is 0 Å². The lowest BCUT2D eigenvalue weighted by atomic mass is 9.82. The fourth-order valence-electron chi connectivity index (χ4n) is 2.92. The predicted molar refractivity (Wildman–Crippen MR) is 88.7 cm³/mol. The largest absolute Gasteiger partial charge is 0.385 e. The molecule has 0 amide bonds. The Morgan fingerprint density at radius 1 is 1.33 bits per heavy atom. The third-order valence-corrected chi connectivity index (χ3v) is 4.47. The van der Waals surface area contributed by atoms with Gasteiger partial charge in [0.05, 0.1) is 6.04 Å². The third-order valence-electron chi connectivity index (χ3n) is 4.47. The standard InChI is InChI=1S/C18H26N2O/c1-13(15-8-5-4-6-9-15)18-12-16(19)14(2)17(20-18)10-7-11-21-3/h4-6,8-9,13-14,18-19H,7,10-12H2,1-3H3. The molecular formula is C18H26N2O. The number of nitrogens with zero attached hydrogens (tertiary/aromatic N) is 1. The van der Waals surface area contributed by atoms with Gasteiger partial charge in [-0.3, -0.25) is 4.99 Å². The molecule has 1 aromatic rings. The molecule has 1 aliphatic heterocycles. The Labute approximate surface area is 127 Å². The maximum atomic E-state index is 8.28. The average Bonchev–Trinajstić information content (AvgIpc) is 2.51. The molecule has 1 N–H and O–H groups in total. The zero-order chi connectivity index (χ0) is 15.2. The molecule has 3 unspecified atom stereocenters. The molecule has 0 aromatic heterocycles. The van der Waals surface area contributed by atoms with Gasteiger partial charge in [0, 0.05) is 43.4 Å². The normalized spacial score (nSPS) is 23.8. The minimum absolute atomic E-state index is 0.195. The van der Waals surface area contributed by atoms with Crippen molar-refractivity contribution in [3.05, 3.63) is 35.9 Å². The second kappa shape index (κ2) is 7.51. The average molecular weight is 286 g/mol. The molecule has 3 nitrogen and oxygen atoms in total. The first kappa shape index (κ1) is 15.9. The van der Waals surface area contributed by atoms with E-state index in [-0.39, 0.29) is 12.0 Å². The number of aliphatic imine (C=N–C) groups is 1. The Morgan fingerprint density at radius 3 is 2.71 bits per heavy atom. The highest BCUT2D eigenvalue weighted by Crippen LogP contribution is 2.29. The van der Waals surface area contributed by atoms with Crippen molar-refractivity contribution in [2.24, 2.45) is 10.9 Å². The zero-order valence-electron chi connectivity index (χ0n) is 13.3. The van der Waals surface area contributed by atoms with Crippen LogP contribution in [0.15, 0.2) is 35.3 Å². The van der Waals surface area contributed by atoms with Crippen molar-refractivity contribution >= 4 is 11.4 Å². The number of ether oxygens (including phenoxy) is 1. The Morgan fingerprint density at radius 2 is 2.05 bits per heavy atom. The van der Waals surface area contributed by atoms with Crippen molar-refractivity contribution in [3.63, 3.8) is 0 Å². The van der Waals surface area contributed by atoms with E-state index in [2.05, 4.69) is 38.1 Å². The van der Waals surface area contributed by atoms with Crippen molar-refractivity contribution in [1.82, 2.24) is 0 Å². The van der Waals surface area contributed by atoms with Gasteiger partial charge in [-0.05, 0) is 18.4 Å². The van der Waals surface area contributed by atoms with Gasteiger partial charge in [0.25, 0.3) is 0 Å². The number of hydrogen-bond acceptors (Lipinski definition) is 3. The van der Waals surface area contributed by atoms with Crippen LogP contribution in [0.4, 0.5) is 0 Å². The van der Waals surface area contributed by atoms with Gasteiger partial charge in [0.2, 0.25) is 0 Å². The monoisotopic (exact) mass is 286 g/mol. The second-order valence-electron chi connectivity index (χ2n) is 5.93. The lowest BCUT2D eigenvalue weighted by molar-refractivity contribution is 0.196. The maximum Gasteiger partial charge on any atom is 0.0617 e. The van der Waals surface area contributed by atoms with Crippen molar-refractivity contribution in [2.75, 3.05) is 13.7 Å². The molecule has 21 heavy (non-hydrogen) atoms. The van der Waals surface area contributed by atoms with Crippen molar-refractivity contribution in [3.8, 4) is 0 Å². The lowest BCUT2D eigenvalue weighted by Gasteiger charge is -2.30. The molecule has 1 aromatic carbocycles. The van der Waals surface area contributed by atoms with Gasteiger partial charge in [-0.15, -0.1) is 0 Å². The highest BCUT2D eigenvalue weighted by molar-refractivity contribution is 6.07. The Bertz CT molecular complexity index is 495. The van der Waals surface area contributed by atoms with Gasteiger partial charge >= 0.3 is 0 Å². The summed E-state index contributed by atoms with van der Waals surface area (Å²) in [5, 5.41) is 8.28. The van der Waals surface area contributed by atoms with Gasteiger partial charge in [-0.1, -0.05) is 44.2 Å². The topological polar surface area (TPSA) is 45.4 Å². The van der Waals surface area contributed by atoms with E-state index >= 15 is 0 Å². The molecule has 0 aliphatic carbocycles. The lowest BCUT2D eigenvalue weighted by Crippen LogP contribution is -2.33. The molecule has 3 atom stereocenters. The van der Waals surface area contributed by atoms with Gasteiger partial charge in [-0.2, -0.15) is 0 Å². The highest BCUT2D eigenvalue weighted by atomic mass is 16.5. The summed E-state index contributed by atoms with van der Waals surface area (Å²) in [6, 6.07) is 10.7. The van der Waals surface area contributed by atoms with Crippen molar-refractivity contribution in [1.29, 1.82) is 5.41 Å². The van der Waals surface area contributed by atoms with E-state index in [1.54, 1.807) is 7.11 Å². The number of benzene rings is 1. The van der Waals surface area contributed by atoms with E-state index < -0.39 is 0 Å². The molecule has 3 heteroatoms. The number of nitrogens with one attached hydrogen (secondary N) is 1. The van der Waals surface area contributed by atoms with E-state index in [9.17, 15) is 0 Å². The minimum Gasteiger partial charge on any atom is -0.385 e. The molecule has 0 radical (unpaired) electrons. The SMILES string of the molecule is COCCCC1=NC(C(C)c2ccccc2)CC(=N)C1C. The molecule has 0 spiro atoms. The minimum atomic E-state index is 0.195. The summed E-state index contributed by atoms with van der Waals surface area (Å²) in [6.45, 7) is 5.09. The summed E-state index contributed by atoms with van der Waals surface area (Å²) in [5.74, 6) is 0.553. The quantitative estimate of drug-likeness (QED) is 0.787. The Balaban J connectivity index is 2.13. The van der Waals surface area contributed by atoms with Crippen LogP contribution in [0.3, 0.4) is 0 Å². The van der Waals surface area contributed by atoms with E-state index in [0.29, 0.717) is 5.92 Å². The summed E-state index contributed by atoms with van der Waals surface area (Å²) < 4.78 is 5.13. The molecule has 0 fully saturated rings. The first-order chi connectivity index (χ1) is 10.1. The Hall–Kier alpha value is -1.48. The zero-order valence-corrected chi connectivity index (χ0v) is 13.3. The van der Waals surface area contributed by atoms with Crippen LogP contribution in [0.2, 0.25) is 0 Å².